The molecule has 136 valence electrons. The van der Waals surface area contributed by atoms with Crippen molar-refractivity contribution in [2.45, 2.75) is 31.8 Å². The van der Waals surface area contributed by atoms with Crippen LogP contribution in [0.2, 0.25) is 5.02 Å². The number of aromatic nitrogens is 2. The van der Waals surface area contributed by atoms with Gasteiger partial charge in [-0.1, -0.05) is 11.6 Å². The standard InChI is InChI=1S/C16H19ClFN3O3S/c1-25(23,24)6-2-5-21-15(13(19)9-3-4-9)20-14-11(16(21)22)7-10(18)8-12(14)17/h7-9,13H,2-6,19H2,1H3/t13-/m0/s1. The summed E-state index contributed by atoms with van der Waals surface area (Å²) >= 11 is 6.05. The summed E-state index contributed by atoms with van der Waals surface area (Å²) in [6.07, 6.45) is 3.30. The number of nitrogens with two attached hydrogens (primary N) is 1. The van der Waals surface area contributed by atoms with Crippen LogP contribution in [0.5, 0.6) is 0 Å². The Morgan fingerprint density at radius 1 is 1.44 bits per heavy atom. The van der Waals surface area contributed by atoms with E-state index in [1.54, 1.807) is 0 Å². The molecule has 6 nitrogen and oxygen atoms in total. The van der Waals surface area contributed by atoms with Gasteiger partial charge in [0.05, 0.1) is 27.7 Å². The van der Waals surface area contributed by atoms with Gasteiger partial charge >= 0.3 is 0 Å². The third-order valence-corrected chi connectivity index (χ3v) is 5.65. The number of halogens is 2. The van der Waals surface area contributed by atoms with Crippen LogP contribution in [-0.4, -0.2) is 30.0 Å². The van der Waals surface area contributed by atoms with Crippen molar-refractivity contribution >= 4 is 32.3 Å². The SMILES string of the molecule is CS(=O)(=O)CCCn1c([C@@H](N)C2CC2)nc2c(Cl)cc(F)cc2c1=O. The third kappa shape index (κ3) is 4.02. The molecule has 1 saturated carbocycles. The minimum absolute atomic E-state index is 0.0552. The van der Waals surface area contributed by atoms with Crippen molar-refractivity contribution in [3.05, 3.63) is 39.2 Å². The van der Waals surface area contributed by atoms with Crippen molar-refractivity contribution in [2.24, 2.45) is 11.7 Å². The highest BCUT2D eigenvalue weighted by Gasteiger charge is 2.33. The smallest absolute Gasteiger partial charge is 0.261 e. The van der Waals surface area contributed by atoms with Gasteiger partial charge in [-0.05, 0) is 37.3 Å². The lowest BCUT2D eigenvalue weighted by Gasteiger charge is -2.18. The van der Waals surface area contributed by atoms with E-state index >= 15 is 0 Å². The molecule has 2 N–H and O–H groups in total. The Kier molecular flexibility index (Phi) is 4.87. The highest BCUT2D eigenvalue weighted by molar-refractivity contribution is 7.90. The van der Waals surface area contributed by atoms with E-state index < -0.39 is 27.3 Å². The summed E-state index contributed by atoms with van der Waals surface area (Å²) in [5, 5.41) is 0.121. The molecule has 9 heteroatoms. The summed E-state index contributed by atoms with van der Waals surface area (Å²) < 4.78 is 37.7. The van der Waals surface area contributed by atoms with Crippen molar-refractivity contribution in [1.29, 1.82) is 0 Å². The molecule has 1 aliphatic rings. The van der Waals surface area contributed by atoms with Crippen molar-refractivity contribution in [3.8, 4) is 0 Å². The largest absolute Gasteiger partial charge is 0.321 e. The maximum absolute atomic E-state index is 13.7. The van der Waals surface area contributed by atoms with Crippen LogP contribution in [0.1, 0.15) is 31.1 Å². The molecule has 0 aliphatic heterocycles. The van der Waals surface area contributed by atoms with Crippen LogP contribution in [-0.2, 0) is 16.4 Å². The number of hydrogen-bond acceptors (Lipinski definition) is 5. The van der Waals surface area contributed by atoms with Crippen LogP contribution in [0.15, 0.2) is 16.9 Å². The van der Waals surface area contributed by atoms with Crippen LogP contribution in [0.3, 0.4) is 0 Å². The van der Waals surface area contributed by atoms with Gasteiger partial charge in [0, 0.05) is 12.8 Å². The highest BCUT2D eigenvalue weighted by Crippen LogP contribution is 2.39. The second kappa shape index (κ2) is 6.66. The Balaban J connectivity index is 2.12. The number of fused-ring (bicyclic) bond motifs is 1. The van der Waals surface area contributed by atoms with Crippen LogP contribution < -0.4 is 11.3 Å². The van der Waals surface area contributed by atoms with Crippen LogP contribution >= 0.6 is 11.6 Å². The van der Waals surface area contributed by atoms with Crippen LogP contribution in [0.4, 0.5) is 4.39 Å². The molecule has 0 saturated heterocycles. The minimum Gasteiger partial charge on any atom is -0.321 e. The summed E-state index contributed by atoms with van der Waals surface area (Å²) in [6, 6.07) is 1.77. The molecule has 3 rings (SSSR count). The molecular weight excluding hydrogens is 369 g/mol. The molecule has 1 aliphatic carbocycles. The number of rotatable bonds is 6. The number of benzene rings is 1. The fourth-order valence-electron chi connectivity index (χ4n) is 2.89. The Bertz CT molecular complexity index is 986. The maximum atomic E-state index is 13.7. The van der Waals surface area contributed by atoms with Crippen molar-refractivity contribution in [1.82, 2.24) is 9.55 Å². The molecule has 1 heterocycles. The summed E-state index contributed by atoms with van der Waals surface area (Å²) in [7, 11) is -3.15. The van der Waals surface area contributed by atoms with Gasteiger partial charge in [-0.2, -0.15) is 0 Å². The molecule has 0 radical (unpaired) electrons. The van der Waals surface area contributed by atoms with Gasteiger partial charge in [0.2, 0.25) is 0 Å². The first kappa shape index (κ1) is 18.3. The van der Waals surface area contributed by atoms with E-state index in [4.69, 9.17) is 17.3 Å². The van der Waals surface area contributed by atoms with Gasteiger partial charge in [-0.15, -0.1) is 0 Å². The monoisotopic (exact) mass is 387 g/mol. The van der Waals surface area contributed by atoms with E-state index in [2.05, 4.69) is 4.98 Å². The van der Waals surface area contributed by atoms with Gasteiger partial charge < -0.3 is 5.73 Å². The minimum atomic E-state index is -3.15. The maximum Gasteiger partial charge on any atom is 0.261 e. The summed E-state index contributed by atoms with van der Waals surface area (Å²) in [4.78, 5) is 17.3. The van der Waals surface area contributed by atoms with Gasteiger partial charge in [0.15, 0.2) is 0 Å². The summed E-state index contributed by atoms with van der Waals surface area (Å²) in [5.41, 5.74) is 6.01. The first-order chi connectivity index (χ1) is 11.7. The lowest BCUT2D eigenvalue weighted by Crippen LogP contribution is -2.31. The second-order valence-corrected chi connectivity index (χ2v) is 9.22. The lowest BCUT2D eigenvalue weighted by atomic mass is 10.1. The van der Waals surface area contributed by atoms with Gasteiger partial charge in [-0.25, -0.2) is 17.8 Å². The van der Waals surface area contributed by atoms with Gasteiger partial charge in [-0.3, -0.25) is 9.36 Å². The molecule has 0 spiro atoms. The third-order valence-electron chi connectivity index (χ3n) is 4.33. The zero-order valence-electron chi connectivity index (χ0n) is 13.7. The summed E-state index contributed by atoms with van der Waals surface area (Å²) in [6.45, 7) is 0.152. The summed E-state index contributed by atoms with van der Waals surface area (Å²) in [5.74, 6) is -0.0653. The van der Waals surface area contributed by atoms with Crippen molar-refractivity contribution in [2.75, 3.05) is 12.0 Å². The molecule has 1 aromatic heterocycles. The van der Waals surface area contributed by atoms with Crippen LogP contribution in [0, 0.1) is 11.7 Å². The van der Waals surface area contributed by atoms with E-state index in [1.807, 2.05) is 0 Å². The Morgan fingerprint density at radius 3 is 2.72 bits per heavy atom. The fourth-order valence-corrected chi connectivity index (χ4v) is 3.79. The van der Waals surface area contributed by atoms with E-state index in [9.17, 15) is 17.6 Å². The Morgan fingerprint density at radius 2 is 2.12 bits per heavy atom. The molecule has 1 atom stereocenters. The average molecular weight is 388 g/mol. The molecule has 25 heavy (non-hydrogen) atoms. The number of nitrogens with zero attached hydrogens (tertiary/aromatic N) is 2. The predicted octanol–water partition coefficient (Wildman–Crippen LogP) is 2.03. The highest BCUT2D eigenvalue weighted by atomic mass is 35.5. The van der Waals surface area contributed by atoms with E-state index in [0.29, 0.717) is 5.82 Å². The van der Waals surface area contributed by atoms with E-state index in [-0.39, 0.29) is 40.6 Å². The van der Waals surface area contributed by atoms with Crippen molar-refractivity contribution < 1.29 is 12.8 Å². The molecule has 0 amide bonds. The van der Waals surface area contributed by atoms with E-state index in [1.165, 1.54) is 4.57 Å². The molecule has 1 aromatic carbocycles. The lowest BCUT2D eigenvalue weighted by molar-refractivity contribution is 0.514. The normalized spacial score (nSPS) is 16.3. The van der Waals surface area contributed by atoms with Crippen LogP contribution in [0.25, 0.3) is 10.9 Å². The predicted molar refractivity (Wildman–Crippen MR) is 95.0 cm³/mol. The van der Waals surface area contributed by atoms with Gasteiger partial charge in [0.25, 0.3) is 5.56 Å². The topological polar surface area (TPSA) is 95.1 Å². The fraction of sp³-hybridized carbons (Fsp3) is 0.500. The molecule has 1 fully saturated rings. The zero-order chi connectivity index (χ0) is 18.4. The van der Waals surface area contributed by atoms with Gasteiger partial charge in [0.1, 0.15) is 21.5 Å². The first-order valence-electron chi connectivity index (χ1n) is 8.00. The Labute approximate surface area is 149 Å². The zero-order valence-corrected chi connectivity index (χ0v) is 15.3. The Hall–Kier alpha value is -1.51. The number of hydrogen-bond donors (Lipinski definition) is 1. The molecule has 0 unspecified atom stereocenters. The average Bonchev–Trinajstić information content (AvgIpc) is 3.33. The molecule has 0 bridgehead atoms. The van der Waals surface area contributed by atoms with Crippen molar-refractivity contribution in [3.63, 3.8) is 0 Å². The molecule has 2 aromatic rings. The number of sulfone groups is 1. The second-order valence-electron chi connectivity index (χ2n) is 6.56. The quantitative estimate of drug-likeness (QED) is 0.818. The first-order valence-corrected chi connectivity index (χ1v) is 10.4. The molecular formula is C16H19ClFN3O3S. The van der Waals surface area contributed by atoms with E-state index in [0.717, 1.165) is 31.2 Å².